The van der Waals surface area contributed by atoms with Gasteiger partial charge in [-0.2, -0.15) is 5.10 Å². The molecule has 7 nitrogen and oxygen atoms in total. The molecule has 0 saturated heterocycles. The van der Waals surface area contributed by atoms with Crippen LogP contribution in [0.5, 0.6) is 11.5 Å². The normalized spacial score (nSPS) is 17.7. The number of aliphatic imine (C=N–C) groups is 1. The van der Waals surface area contributed by atoms with Crippen LogP contribution in [0.15, 0.2) is 29.4 Å². The van der Waals surface area contributed by atoms with Crippen molar-refractivity contribution >= 4 is 29.9 Å². The van der Waals surface area contributed by atoms with E-state index in [2.05, 4.69) is 42.3 Å². The van der Waals surface area contributed by atoms with E-state index in [0.29, 0.717) is 18.6 Å². The van der Waals surface area contributed by atoms with Gasteiger partial charge in [0.2, 0.25) is 6.79 Å². The molecule has 158 valence electrons. The molecule has 1 unspecified atom stereocenters. The van der Waals surface area contributed by atoms with Crippen molar-refractivity contribution in [3.05, 3.63) is 41.2 Å². The topological polar surface area (TPSA) is 72.7 Å². The second-order valence-corrected chi connectivity index (χ2v) is 7.60. The highest BCUT2D eigenvalue weighted by Crippen LogP contribution is 2.35. The number of nitrogens with one attached hydrogen (secondary N) is 2. The zero-order valence-electron chi connectivity index (χ0n) is 17.3. The van der Waals surface area contributed by atoms with Gasteiger partial charge in [-0.05, 0) is 45.2 Å². The van der Waals surface area contributed by atoms with Gasteiger partial charge in [0.05, 0.1) is 12.2 Å². The Labute approximate surface area is 189 Å². The lowest BCUT2D eigenvalue weighted by atomic mass is 9.94. The number of hydrogen-bond acceptors (Lipinski definition) is 4. The average molecular weight is 511 g/mol. The van der Waals surface area contributed by atoms with Gasteiger partial charge in [-0.3, -0.25) is 4.68 Å². The lowest BCUT2D eigenvalue weighted by Crippen LogP contribution is -2.45. The van der Waals surface area contributed by atoms with Gasteiger partial charge in [0, 0.05) is 36.8 Å². The van der Waals surface area contributed by atoms with E-state index >= 15 is 0 Å². The van der Waals surface area contributed by atoms with Gasteiger partial charge in [-0.15, -0.1) is 24.0 Å². The Morgan fingerprint density at radius 2 is 2.21 bits per heavy atom. The minimum Gasteiger partial charge on any atom is -0.454 e. The van der Waals surface area contributed by atoms with E-state index in [1.54, 1.807) is 0 Å². The number of nitrogens with zero attached hydrogens (tertiary/aromatic N) is 3. The van der Waals surface area contributed by atoms with Gasteiger partial charge in [0.15, 0.2) is 17.5 Å². The quantitative estimate of drug-likeness (QED) is 0.366. The smallest absolute Gasteiger partial charge is 0.231 e. The highest BCUT2D eigenvalue weighted by molar-refractivity contribution is 14.0. The van der Waals surface area contributed by atoms with Crippen molar-refractivity contribution in [1.82, 2.24) is 20.4 Å². The minimum atomic E-state index is 0. The number of guanidine groups is 1. The van der Waals surface area contributed by atoms with Gasteiger partial charge in [-0.25, -0.2) is 4.99 Å². The summed E-state index contributed by atoms with van der Waals surface area (Å²) < 4.78 is 13.1. The van der Waals surface area contributed by atoms with Crippen LogP contribution in [-0.2, 0) is 19.4 Å². The van der Waals surface area contributed by atoms with Crippen molar-refractivity contribution in [2.75, 3.05) is 13.3 Å². The van der Waals surface area contributed by atoms with Crippen LogP contribution in [0.1, 0.15) is 50.1 Å². The molecule has 0 amide bonds. The number of fused-ring (bicyclic) bond motifs is 2. The van der Waals surface area contributed by atoms with Crippen molar-refractivity contribution in [3.63, 3.8) is 0 Å². The Morgan fingerprint density at radius 1 is 1.34 bits per heavy atom. The first kappa shape index (κ1) is 21.7. The van der Waals surface area contributed by atoms with Crippen LogP contribution in [0.2, 0.25) is 0 Å². The second-order valence-electron chi connectivity index (χ2n) is 7.60. The van der Waals surface area contributed by atoms with Crippen molar-refractivity contribution in [2.24, 2.45) is 4.99 Å². The maximum absolute atomic E-state index is 5.59. The predicted octanol–water partition coefficient (Wildman–Crippen LogP) is 3.42. The molecule has 0 spiro atoms. The number of rotatable bonds is 5. The second kappa shape index (κ2) is 9.69. The van der Waals surface area contributed by atoms with E-state index < -0.39 is 0 Å². The molecule has 0 bridgehead atoms. The molecule has 0 fully saturated rings. The molecule has 0 radical (unpaired) electrons. The fourth-order valence-electron chi connectivity index (χ4n) is 3.69. The van der Waals surface area contributed by atoms with E-state index in [1.807, 2.05) is 18.2 Å². The molecular formula is C21H30IN5O2. The summed E-state index contributed by atoms with van der Waals surface area (Å²) in [5, 5.41) is 11.7. The zero-order chi connectivity index (χ0) is 19.5. The fraction of sp³-hybridized carbons (Fsp3) is 0.524. The first-order chi connectivity index (χ1) is 13.6. The van der Waals surface area contributed by atoms with Crippen LogP contribution < -0.4 is 20.1 Å². The van der Waals surface area contributed by atoms with Crippen molar-refractivity contribution in [3.8, 4) is 11.5 Å². The molecule has 2 N–H and O–H groups in total. The van der Waals surface area contributed by atoms with E-state index in [1.165, 1.54) is 11.3 Å². The molecule has 1 aliphatic heterocycles. The van der Waals surface area contributed by atoms with E-state index in [0.717, 1.165) is 48.8 Å². The molecular weight excluding hydrogens is 481 g/mol. The molecule has 1 aliphatic carbocycles. The van der Waals surface area contributed by atoms with Crippen molar-refractivity contribution in [1.29, 1.82) is 0 Å². The summed E-state index contributed by atoms with van der Waals surface area (Å²) in [4.78, 5) is 4.78. The molecule has 4 rings (SSSR count). The Hall–Kier alpha value is -1.97. The molecule has 1 aromatic carbocycles. The molecule has 2 aromatic rings. The number of para-hydroxylation sites is 1. The minimum absolute atomic E-state index is 0. The number of hydrogen-bond donors (Lipinski definition) is 2. The molecule has 0 saturated carbocycles. The predicted molar refractivity (Wildman–Crippen MR) is 124 cm³/mol. The number of aromatic nitrogens is 2. The third-order valence-electron chi connectivity index (χ3n) is 5.20. The average Bonchev–Trinajstić information content (AvgIpc) is 3.33. The van der Waals surface area contributed by atoms with E-state index in [4.69, 9.17) is 19.6 Å². The number of benzene rings is 1. The Morgan fingerprint density at radius 3 is 3.00 bits per heavy atom. The van der Waals surface area contributed by atoms with Crippen molar-refractivity contribution < 1.29 is 9.47 Å². The maximum atomic E-state index is 5.59. The standard InChI is InChI=1S/C21H29N5O2.HI/c1-4-22-21(23-11-15-6-5-7-19-20(15)28-13-27-19)24-17-9-8-16-12-26(14(2)3)25-18(16)10-17;/h5-7,12,14,17H,4,8-11,13H2,1-3H3,(H2,22,23,24);1H. The fourth-order valence-corrected chi connectivity index (χ4v) is 3.69. The van der Waals surface area contributed by atoms with Crippen LogP contribution in [-0.4, -0.2) is 35.1 Å². The summed E-state index contributed by atoms with van der Waals surface area (Å²) in [5.41, 5.74) is 3.62. The van der Waals surface area contributed by atoms with Gasteiger partial charge in [0.25, 0.3) is 0 Å². The van der Waals surface area contributed by atoms with Gasteiger partial charge < -0.3 is 20.1 Å². The third-order valence-corrected chi connectivity index (χ3v) is 5.20. The summed E-state index contributed by atoms with van der Waals surface area (Å²) in [6.45, 7) is 8.05. The van der Waals surface area contributed by atoms with Crippen LogP contribution in [0, 0.1) is 0 Å². The Balaban J connectivity index is 0.00000240. The number of halogens is 1. The summed E-state index contributed by atoms with van der Waals surface area (Å²) in [7, 11) is 0. The Kier molecular flexibility index (Phi) is 7.26. The lowest BCUT2D eigenvalue weighted by molar-refractivity contribution is 0.173. The number of ether oxygens (including phenoxy) is 2. The van der Waals surface area contributed by atoms with Crippen LogP contribution in [0.4, 0.5) is 0 Å². The first-order valence-electron chi connectivity index (χ1n) is 10.1. The van der Waals surface area contributed by atoms with Gasteiger partial charge >= 0.3 is 0 Å². The highest BCUT2D eigenvalue weighted by Gasteiger charge is 2.23. The summed E-state index contributed by atoms with van der Waals surface area (Å²) >= 11 is 0. The molecule has 1 aromatic heterocycles. The lowest BCUT2D eigenvalue weighted by Gasteiger charge is -2.24. The third kappa shape index (κ3) is 4.96. The molecule has 29 heavy (non-hydrogen) atoms. The van der Waals surface area contributed by atoms with Crippen LogP contribution in [0.25, 0.3) is 0 Å². The molecule has 2 heterocycles. The van der Waals surface area contributed by atoms with Crippen molar-refractivity contribution in [2.45, 2.75) is 58.7 Å². The molecule has 8 heteroatoms. The summed E-state index contributed by atoms with van der Waals surface area (Å²) in [5.74, 6) is 2.44. The zero-order valence-corrected chi connectivity index (χ0v) is 19.6. The number of aryl methyl sites for hydroxylation is 1. The van der Waals surface area contributed by atoms with Gasteiger partial charge in [0.1, 0.15) is 0 Å². The van der Waals surface area contributed by atoms with Crippen LogP contribution in [0.3, 0.4) is 0 Å². The van der Waals surface area contributed by atoms with E-state index in [-0.39, 0.29) is 30.8 Å². The molecule has 1 atom stereocenters. The molecule has 2 aliphatic rings. The van der Waals surface area contributed by atoms with E-state index in [9.17, 15) is 0 Å². The largest absolute Gasteiger partial charge is 0.454 e. The summed E-state index contributed by atoms with van der Waals surface area (Å²) in [6.07, 6.45) is 5.26. The summed E-state index contributed by atoms with van der Waals surface area (Å²) in [6, 6.07) is 6.67. The first-order valence-corrected chi connectivity index (χ1v) is 10.1. The monoisotopic (exact) mass is 511 g/mol. The maximum Gasteiger partial charge on any atom is 0.231 e. The Bertz CT molecular complexity index is 865. The SMILES string of the molecule is CCNC(=NCc1cccc2c1OCO2)NC1CCc2cn(C(C)C)nc2C1.I. The highest BCUT2D eigenvalue weighted by atomic mass is 127. The van der Waals surface area contributed by atoms with Crippen LogP contribution >= 0.6 is 24.0 Å². The van der Waals surface area contributed by atoms with Gasteiger partial charge in [-0.1, -0.05) is 12.1 Å².